The first-order valence-corrected chi connectivity index (χ1v) is 6.15. The van der Waals surface area contributed by atoms with Gasteiger partial charge >= 0.3 is 0 Å². The van der Waals surface area contributed by atoms with E-state index in [1.165, 1.54) is 5.69 Å². The lowest BCUT2D eigenvalue weighted by Crippen LogP contribution is -2.32. The van der Waals surface area contributed by atoms with Crippen molar-refractivity contribution in [3.8, 4) is 0 Å². The minimum atomic E-state index is 0. The summed E-state index contributed by atoms with van der Waals surface area (Å²) in [7, 11) is 2.08. The van der Waals surface area contributed by atoms with Crippen LogP contribution in [0.1, 0.15) is 6.42 Å². The van der Waals surface area contributed by atoms with Crippen LogP contribution in [0.2, 0.25) is 0 Å². The molecule has 0 unspecified atom stereocenters. The number of nitrogens with one attached hydrogen (secondary N) is 1. The van der Waals surface area contributed by atoms with Gasteiger partial charge in [-0.05, 0) is 18.6 Å². The smallest absolute Gasteiger partial charge is 0.188 e. The van der Waals surface area contributed by atoms with Crippen molar-refractivity contribution in [2.24, 2.45) is 10.7 Å². The van der Waals surface area contributed by atoms with E-state index in [-0.39, 0.29) is 24.0 Å². The molecule has 0 aliphatic carbocycles. The van der Waals surface area contributed by atoms with Crippen molar-refractivity contribution in [3.63, 3.8) is 0 Å². The standard InChI is InChI=1S/C14H22N4.HI/c1-3-10-16-14(15)17-11-7-12-18(2)13-8-5-4-6-9-13;/h3-6,8-9H,1,7,10-12H2,2H3,(H3,15,16,17);1H. The fourth-order valence-electron chi connectivity index (χ4n) is 1.55. The van der Waals surface area contributed by atoms with Gasteiger partial charge in [0.15, 0.2) is 5.96 Å². The maximum Gasteiger partial charge on any atom is 0.188 e. The first kappa shape index (κ1) is 17.8. The lowest BCUT2D eigenvalue weighted by Gasteiger charge is -2.18. The molecule has 5 heteroatoms. The molecule has 0 amide bonds. The van der Waals surface area contributed by atoms with Crippen LogP contribution in [0.15, 0.2) is 48.0 Å². The molecule has 0 spiro atoms. The lowest BCUT2D eigenvalue weighted by atomic mass is 10.3. The predicted octanol–water partition coefficient (Wildman–Crippen LogP) is 2.22. The van der Waals surface area contributed by atoms with Gasteiger partial charge in [-0.15, -0.1) is 30.6 Å². The molecule has 1 aromatic rings. The van der Waals surface area contributed by atoms with Gasteiger partial charge in [0.1, 0.15) is 0 Å². The van der Waals surface area contributed by atoms with Crippen molar-refractivity contribution in [1.29, 1.82) is 0 Å². The minimum absolute atomic E-state index is 0. The van der Waals surface area contributed by atoms with Crippen LogP contribution in [0.4, 0.5) is 5.69 Å². The van der Waals surface area contributed by atoms with Crippen LogP contribution in [0.3, 0.4) is 0 Å². The van der Waals surface area contributed by atoms with Crippen molar-refractivity contribution in [2.75, 3.05) is 31.6 Å². The monoisotopic (exact) mass is 374 g/mol. The number of hydrogen-bond donors (Lipinski definition) is 2. The van der Waals surface area contributed by atoms with E-state index in [1.807, 2.05) is 18.2 Å². The highest BCUT2D eigenvalue weighted by atomic mass is 127. The quantitative estimate of drug-likeness (QED) is 0.253. The molecule has 0 saturated carbocycles. The van der Waals surface area contributed by atoms with Crippen LogP contribution >= 0.6 is 24.0 Å². The summed E-state index contributed by atoms with van der Waals surface area (Å²) >= 11 is 0. The summed E-state index contributed by atoms with van der Waals surface area (Å²) in [6.45, 7) is 5.95. The average molecular weight is 374 g/mol. The highest BCUT2D eigenvalue weighted by Crippen LogP contribution is 2.10. The van der Waals surface area contributed by atoms with E-state index in [4.69, 9.17) is 5.73 Å². The minimum Gasteiger partial charge on any atom is -0.375 e. The fraction of sp³-hybridized carbons (Fsp3) is 0.357. The summed E-state index contributed by atoms with van der Waals surface area (Å²) in [5, 5.41) is 2.95. The normalized spacial score (nSPS) is 10.5. The number of nitrogens with zero attached hydrogens (tertiary/aromatic N) is 2. The number of benzene rings is 1. The van der Waals surface area contributed by atoms with Gasteiger partial charge in [0, 0.05) is 32.4 Å². The molecule has 0 bridgehead atoms. The van der Waals surface area contributed by atoms with Crippen LogP contribution in [-0.2, 0) is 0 Å². The Bertz CT molecular complexity index is 378. The Hall–Kier alpha value is -1.24. The number of guanidine groups is 1. The van der Waals surface area contributed by atoms with Crippen LogP contribution in [0, 0.1) is 0 Å². The van der Waals surface area contributed by atoms with Crippen molar-refractivity contribution >= 4 is 35.6 Å². The predicted molar refractivity (Wildman–Crippen MR) is 94.4 cm³/mol. The number of anilines is 1. The lowest BCUT2D eigenvalue weighted by molar-refractivity contribution is 0.791. The van der Waals surface area contributed by atoms with Gasteiger partial charge in [-0.3, -0.25) is 4.99 Å². The van der Waals surface area contributed by atoms with Crippen molar-refractivity contribution < 1.29 is 0 Å². The molecule has 106 valence electrons. The van der Waals surface area contributed by atoms with Crippen LogP contribution in [0.25, 0.3) is 0 Å². The Morgan fingerprint density at radius 3 is 2.74 bits per heavy atom. The maximum absolute atomic E-state index is 5.67. The van der Waals surface area contributed by atoms with Gasteiger partial charge < -0.3 is 16.0 Å². The zero-order valence-corrected chi connectivity index (χ0v) is 13.7. The first-order valence-electron chi connectivity index (χ1n) is 6.15. The Morgan fingerprint density at radius 2 is 2.11 bits per heavy atom. The zero-order valence-electron chi connectivity index (χ0n) is 11.4. The second-order valence-corrected chi connectivity index (χ2v) is 4.05. The molecule has 0 aromatic heterocycles. The number of halogens is 1. The third-order valence-corrected chi connectivity index (χ3v) is 2.56. The molecule has 0 radical (unpaired) electrons. The van der Waals surface area contributed by atoms with Crippen LogP contribution < -0.4 is 16.0 Å². The van der Waals surface area contributed by atoms with E-state index in [0.29, 0.717) is 12.5 Å². The summed E-state index contributed by atoms with van der Waals surface area (Å²) in [4.78, 5) is 6.45. The molecule has 0 atom stereocenters. The molecule has 0 saturated heterocycles. The topological polar surface area (TPSA) is 53.6 Å². The Labute approximate surface area is 132 Å². The second kappa shape index (κ2) is 10.7. The summed E-state index contributed by atoms with van der Waals surface area (Å²) in [5.74, 6) is 0.484. The summed E-state index contributed by atoms with van der Waals surface area (Å²) in [6.07, 6.45) is 2.73. The van der Waals surface area contributed by atoms with Crippen LogP contribution in [-0.4, -0.2) is 32.6 Å². The van der Waals surface area contributed by atoms with Gasteiger partial charge in [0.05, 0.1) is 0 Å². The molecule has 0 aliphatic rings. The van der Waals surface area contributed by atoms with E-state index in [0.717, 1.165) is 19.5 Å². The van der Waals surface area contributed by atoms with Crippen LogP contribution in [0.5, 0.6) is 0 Å². The number of hydrogen-bond acceptors (Lipinski definition) is 2. The molecule has 0 aliphatic heterocycles. The van der Waals surface area contributed by atoms with Gasteiger partial charge in [-0.2, -0.15) is 0 Å². The number of para-hydroxylation sites is 1. The van der Waals surface area contributed by atoms with Gasteiger partial charge in [-0.1, -0.05) is 24.3 Å². The second-order valence-electron chi connectivity index (χ2n) is 4.05. The molecular formula is C14H23IN4. The molecule has 4 nitrogen and oxygen atoms in total. The van der Waals surface area contributed by atoms with Gasteiger partial charge in [0.25, 0.3) is 0 Å². The largest absolute Gasteiger partial charge is 0.375 e. The van der Waals surface area contributed by atoms with Gasteiger partial charge in [0.2, 0.25) is 0 Å². The molecule has 0 heterocycles. The molecule has 1 rings (SSSR count). The molecule has 3 N–H and O–H groups in total. The van der Waals surface area contributed by atoms with E-state index in [9.17, 15) is 0 Å². The van der Waals surface area contributed by atoms with Crippen molar-refractivity contribution in [2.45, 2.75) is 6.42 Å². The third kappa shape index (κ3) is 7.71. The SMILES string of the molecule is C=CCNC(N)=NCCCN(C)c1ccccc1.I. The zero-order chi connectivity index (χ0) is 13.2. The molecule has 1 aromatic carbocycles. The number of aliphatic imine (C=N–C) groups is 1. The Morgan fingerprint density at radius 1 is 1.42 bits per heavy atom. The highest BCUT2D eigenvalue weighted by molar-refractivity contribution is 14.0. The average Bonchev–Trinajstić information content (AvgIpc) is 2.42. The van der Waals surface area contributed by atoms with Crippen molar-refractivity contribution in [1.82, 2.24) is 5.32 Å². The molecular weight excluding hydrogens is 351 g/mol. The molecule has 19 heavy (non-hydrogen) atoms. The number of nitrogens with two attached hydrogens (primary N) is 1. The Balaban J connectivity index is 0.00000324. The Kier molecular flexibility index (Phi) is 9.97. The third-order valence-electron chi connectivity index (χ3n) is 2.56. The van der Waals surface area contributed by atoms with E-state index >= 15 is 0 Å². The van der Waals surface area contributed by atoms with Crippen molar-refractivity contribution in [3.05, 3.63) is 43.0 Å². The number of rotatable bonds is 7. The van der Waals surface area contributed by atoms with Gasteiger partial charge in [-0.25, -0.2) is 0 Å². The van der Waals surface area contributed by atoms with E-state index in [2.05, 4.69) is 41.0 Å². The van der Waals surface area contributed by atoms with E-state index in [1.54, 1.807) is 6.08 Å². The highest BCUT2D eigenvalue weighted by Gasteiger charge is 1.98. The van der Waals surface area contributed by atoms with E-state index < -0.39 is 0 Å². The summed E-state index contributed by atoms with van der Waals surface area (Å²) < 4.78 is 0. The first-order chi connectivity index (χ1) is 8.74. The maximum atomic E-state index is 5.67. The summed E-state index contributed by atoms with van der Waals surface area (Å²) in [6, 6.07) is 10.3. The fourth-order valence-corrected chi connectivity index (χ4v) is 1.55. The summed E-state index contributed by atoms with van der Waals surface area (Å²) in [5.41, 5.74) is 6.89. The molecule has 0 fully saturated rings.